The van der Waals surface area contributed by atoms with Crippen molar-refractivity contribution in [3.8, 4) is 0 Å². The van der Waals surface area contributed by atoms with Crippen molar-refractivity contribution in [1.29, 1.82) is 0 Å². The number of allylic oxidation sites excluding steroid dienone is 3. The number of dihydropyridines is 1. The highest BCUT2D eigenvalue weighted by Gasteiger charge is 2.47. The number of ketones is 1. The van der Waals surface area contributed by atoms with Crippen LogP contribution in [-0.4, -0.2) is 30.9 Å². The van der Waals surface area contributed by atoms with E-state index in [2.05, 4.69) is 5.32 Å². The standard InChI is InChI=1S/C23H26FNO5/c1-11(2)30-23(28)18-13(4)25-16-10-12(3)17(22(27)29-5)21(26)20(16)19(18)14-6-8-15(24)9-7-14/h6-9,11-12,17,19,25H,10H2,1-5H3/t12-,17-,19-/m0/s1. The van der Waals surface area contributed by atoms with Gasteiger partial charge in [-0.15, -0.1) is 0 Å². The molecule has 160 valence electrons. The maximum Gasteiger partial charge on any atom is 0.337 e. The third kappa shape index (κ3) is 3.88. The zero-order valence-electron chi connectivity index (χ0n) is 17.7. The summed E-state index contributed by atoms with van der Waals surface area (Å²) in [7, 11) is 1.25. The number of carbonyl (C=O) groups is 3. The van der Waals surface area contributed by atoms with Crippen LogP contribution >= 0.6 is 0 Å². The van der Waals surface area contributed by atoms with Crippen molar-refractivity contribution in [2.75, 3.05) is 7.11 Å². The summed E-state index contributed by atoms with van der Waals surface area (Å²) in [4.78, 5) is 38.8. The molecule has 0 spiro atoms. The van der Waals surface area contributed by atoms with E-state index in [9.17, 15) is 18.8 Å². The minimum atomic E-state index is -0.959. The van der Waals surface area contributed by atoms with E-state index in [1.165, 1.54) is 19.2 Å². The minimum Gasteiger partial charge on any atom is -0.468 e. The average molecular weight is 415 g/mol. The summed E-state index contributed by atoms with van der Waals surface area (Å²) in [6, 6.07) is 5.66. The molecule has 0 unspecified atom stereocenters. The molecule has 1 heterocycles. The van der Waals surface area contributed by atoms with E-state index in [0.717, 1.165) is 0 Å². The number of rotatable bonds is 4. The second-order valence-corrected chi connectivity index (χ2v) is 8.04. The summed E-state index contributed by atoms with van der Waals surface area (Å²) in [6.07, 6.45) is 0.0921. The van der Waals surface area contributed by atoms with Gasteiger partial charge in [0, 0.05) is 22.9 Å². The quantitative estimate of drug-likeness (QED) is 0.600. The Morgan fingerprint density at radius 1 is 1.20 bits per heavy atom. The van der Waals surface area contributed by atoms with Crippen LogP contribution < -0.4 is 5.32 Å². The molecule has 7 heteroatoms. The Labute approximate surface area is 175 Å². The molecule has 0 amide bonds. The van der Waals surface area contributed by atoms with Crippen LogP contribution in [-0.2, 0) is 23.9 Å². The SMILES string of the molecule is COC(=O)[C@@H]1C(=O)C2=C(C[C@@H]1C)NC(C)=C(C(=O)OC(C)C)[C@@H]2c1ccc(F)cc1. The summed E-state index contributed by atoms with van der Waals surface area (Å²) in [5.41, 5.74) is 2.43. The number of benzene rings is 1. The lowest BCUT2D eigenvalue weighted by Crippen LogP contribution is -2.43. The largest absolute Gasteiger partial charge is 0.468 e. The summed E-state index contributed by atoms with van der Waals surface area (Å²) in [5.74, 6) is -3.96. The molecule has 0 aromatic heterocycles. The zero-order chi connectivity index (χ0) is 22.2. The Hall–Kier alpha value is -2.96. The van der Waals surface area contributed by atoms with Crippen molar-refractivity contribution in [1.82, 2.24) is 5.32 Å². The summed E-state index contributed by atoms with van der Waals surface area (Å²) in [6.45, 7) is 7.04. The van der Waals surface area contributed by atoms with E-state index in [1.807, 2.05) is 6.92 Å². The Kier molecular flexibility index (Phi) is 6.10. The summed E-state index contributed by atoms with van der Waals surface area (Å²) >= 11 is 0. The van der Waals surface area contributed by atoms with Gasteiger partial charge in [0.15, 0.2) is 5.78 Å². The second-order valence-electron chi connectivity index (χ2n) is 8.04. The number of halogens is 1. The van der Waals surface area contributed by atoms with Gasteiger partial charge in [0.2, 0.25) is 0 Å². The number of nitrogens with one attached hydrogen (secondary N) is 1. The number of hydrogen-bond donors (Lipinski definition) is 1. The van der Waals surface area contributed by atoms with E-state index in [1.54, 1.807) is 32.9 Å². The van der Waals surface area contributed by atoms with Crippen LogP contribution in [0.1, 0.15) is 45.6 Å². The van der Waals surface area contributed by atoms with E-state index in [0.29, 0.717) is 29.0 Å². The molecule has 0 saturated heterocycles. The predicted octanol–water partition coefficient (Wildman–Crippen LogP) is 3.39. The lowest BCUT2D eigenvalue weighted by atomic mass is 9.69. The smallest absolute Gasteiger partial charge is 0.337 e. The Bertz CT molecular complexity index is 945. The van der Waals surface area contributed by atoms with Crippen LogP contribution in [0.5, 0.6) is 0 Å². The van der Waals surface area contributed by atoms with Crippen LogP contribution in [0, 0.1) is 17.7 Å². The third-order valence-corrected chi connectivity index (χ3v) is 5.51. The summed E-state index contributed by atoms with van der Waals surface area (Å²) in [5, 5.41) is 3.18. The molecule has 3 atom stereocenters. The molecule has 1 aliphatic heterocycles. The first kappa shape index (κ1) is 21.7. The fraction of sp³-hybridized carbons (Fsp3) is 0.435. The van der Waals surface area contributed by atoms with E-state index in [-0.39, 0.29) is 23.4 Å². The summed E-state index contributed by atoms with van der Waals surface area (Å²) < 4.78 is 23.9. The van der Waals surface area contributed by atoms with Crippen molar-refractivity contribution in [3.05, 3.63) is 58.2 Å². The molecule has 3 rings (SSSR count). The first-order valence-electron chi connectivity index (χ1n) is 9.95. The van der Waals surface area contributed by atoms with Gasteiger partial charge in [0.1, 0.15) is 11.7 Å². The average Bonchev–Trinajstić information content (AvgIpc) is 2.66. The highest BCUT2D eigenvalue weighted by atomic mass is 19.1. The van der Waals surface area contributed by atoms with Gasteiger partial charge >= 0.3 is 11.9 Å². The van der Waals surface area contributed by atoms with E-state index in [4.69, 9.17) is 9.47 Å². The second kappa shape index (κ2) is 8.42. The first-order chi connectivity index (χ1) is 14.1. The maximum atomic E-state index is 13.6. The number of carbonyl (C=O) groups excluding carboxylic acids is 3. The molecule has 0 bridgehead atoms. The van der Waals surface area contributed by atoms with Gasteiger partial charge < -0.3 is 14.8 Å². The highest BCUT2D eigenvalue weighted by Crippen LogP contribution is 2.45. The van der Waals surface area contributed by atoms with Crippen LogP contribution in [0.15, 0.2) is 46.8 Å². The molecular formula is C23H26FNO5. The van der Waals surface area contributed by atoms with Crippen LogP contribution in [0.25, 0.3) is 0 Å². The van der Waals surface area contributed by atoms with Crippen LogP contribution in [0.3, 0.4) is 0 Å². The molecule has 30 heavy (non-hydrogen) atoms. The Morgan fingerprint density at radius 2 is 1.83 bits per heavy atom. The Morgan fingerprint density at radius 3 is 2.40 bits per heavy atom. The van der Waals surface area contributed by atoms with Gasteiger partial charge in [-0.3, -0.25) is 9.59 Å². The third-order valence-electron chi connectivity index (χ3n) is 5.51. The van der Waals surface area contributed by atoms with Crippen molar-refractivity contribution in [3.63, 3.8) is 0 Å². The van der Waals surface area contributed by atoms with Crippen molar-refractivity contribution >= 4 is 17.7 Å². The molecule has 1 N–H and O–H groups in total. The van der Waals surface area contributed by atoms with Crippen LogP contribution in [0.4, 0.5) is 4.39 Å². The van der Waals surface area contributed by atoms with Crippen molar-refractivity contribution < 1.29 is 28.2 Å². The molecule has 2 aliphatic rings. The maximum absolute atomic E-state index is 13.6. The number of esters is 2. The number of ether oxygens (including phenoxy) is 2. The lowest BCUT2D eigenvalue weighted by molar-refractivity contribution is -0.151. The van der Waals surface area contributed by atoms with Gasteiger partial charge in [-0.2, -0.15) is 0 Å². The van der Waals surface area contributed by atoms with Gasteiger partial charge in [0.25, 0.3) is 0 Å². The fourth-order valence-corrected chi connectivity index (χ4v) is 4.22. The molecule has 0 radical (unpaired) electrons. The molecule has 1 aromatic carbocycles. The van der Waals surface area contributed by atoms with Crippen molar-refractivity contribution in [2.45, 2.75) is 46.1 Å². The van der Waals surface area contributed by atoms with Gasteiger partial charge in [-0.1, -0.05) is 19.1 Å². The number of hydrogen-bond acceptors (Lipinski definition) is 6. The lowest BCUT2D eigenvalue weighted by Gasteiger charge is -2.38. The monoisotopic (exact) mass is 415 g/mol. The molecule has 1 aromatic rings. The first-order valence-corrected chi connectivity index (χ1v) is 9.95. The highest BCUT2D eigenvalue weighted by molar-refractivity contribution is 6.12. The van der Waals surface area contributed by atoms with Crippen LogP contribution in [0.2, 0.25) is 0 Å². The topological polar surface area (TPSA) is 81.7 Å². The fourth-order valence-electron chi connectivity index (χ4n) is 4.22. The number of Topliss-reactive ketones (excluding diaryl/α,β-unsaturated/α-hetero) is 1. The predicted molar refractivity (Wildman–Crippen MR) is 108 cm³/mol. The molecule has 6 nitrogen and oxygen atoms in total. The molecule has 1 aliphatic carbocycles. The molecular weight excluding hydrogens is 389 g/mol. The van der Waals surface area contributed by atoms with E-state index >= 15 is 0 Å². The normalized spacial score (nSPS) is 23.8. The molecule has 0 fully saturated rings. The minimum absolute atomic E-state index is 0.262. The van der Waals surface area contributed by atoms with Gasteiger partial charge in [-0.25, -0.2) is 9.18 Å². The zero-order valence-corrected chi connectivity index (χ0v) is 17.7. The van der Waals surface area contributed by atoms with E-state index < -0.39 is 29.6 Å². The van der Waals surface area contributed by atoms with Crippen molar-refractivity contribution in [2.24, 2.45) is 11.8 Å². The van der Waals surface area contributed by atoms with Gasteiger partial charge in [-0.05, 0) is 50.8 Å². The Balaban J connectivity index is 2.17. The number of methoxy groups -OCH3 is 1. The van der Waals surface area contributed by atoms with Gasteiger partial charge in [0.05, 0.1) is 18.8 Å². The molecule has 0 saturated carbocycles.